The van der Waals surface area contributed by atoms with E-state index in [1.54, 1.807) is 12.1 Å². The summed E-state index contributed by atoms with van der Waals surface area (Å²) in [5.74, 6) is 0.684. The topological polar surface area (TPSA) is 24.5 Å². The molecule has 0 radical (unpaired) electrons. The van der Waals surface area contributed by atoms with Gasteiger partial charge >= 0.3 is 0 Å². The molecule has 3 nitrogen and oxygen atoms in total. The average Bonchev–Trinajstić information content (AvgIpc) is 2.64. The summed E-state index contributed by atoms with van der Waals surface area (Å²) in [6.45, 7) is 3.15. The third-order valence-corrected chi connectivity index (χ3v) is 4.42. The second-order valence-electron chi connectivity index (χ2n) is 5.97. The Morgan fingerprint density at radius 1 is 1.35 bits per heavy atom. The van der Waals surface area contributed by atoms with Gasteiger partial charge in [0, 0.05) is 24.6 Å². The van der Waals surface area contributed by atoms with Crippen molar-refractivity contribution in [3.05, 3.63) is 29.6 Å². The van der Waals surface area contributed by atoms with Gasteiger partial charge in [-0.05, 0) is 57.6 Å². The fourth-order valence-corrected chi connectivity index (χ4v) is 3.30. The van der Waals surface area contributed by atoms with Gasteiger partial charge in [-0.15, -0.1) is 0 Å². The highest BCUT2D eigenvalue weighted by Crippen LogP contribution is 2.30. The van der Waals surface area contributed by atoms with Crippen LogP contribution < -0.4 is 10.1 Å². The van der Waals surface area contributed by atoms with Crippen molar-refractivity contribution in [3.8, 4) is 5.75 Å². The molecule has 4 heteroatoms. The Kier molecular flexibility index (Phi) is 4.22. The average molecular weight is 278 g/mol. The van der Waals surface area contributed by atoms with Gasteiger partial charge < -0.3 is 10.1 Å². The molecule has 1 aromatic rings. The minimum atomic E-state index is -0.170. The predicted octanol–water partition coefficient (Wildman–Crippen LogP) is 2.20. The molecule has 2 heterocycles. The summed E-state index contributed by atoms with van der Waals surface area (Å²) in [4.78, 5) is 2.42. The summed E-state index contributed by atoms with van der Waals surface area (Å²) < 4.78 is 19.1. The Morgan fingerprint density at radius 3 is 3.15 bits per heavy atom. The first-order chi connectivity index (χ1) is 9.72. The van der Waals surface area contributed by atoms with Crippen molar-refractivity contribution in [2.24, 2.45) is 0 Å². The Bertz CT molecular complexity index is 458. The predicted molar refractivity (Wildman–Crippen MR) is 77.7 cm³/mol. The molecule has 0 aromatic heterocycles. The maximum atomic E-state index is 13.2. The van der Waals surface area contributed by atoms with Crippen molar-refractivity contribution in [2.45, 2.75) is 37.8 Å². The molecule has 2 unspecified atom stereocenters. The fraction of sp³-hybridized carbons (Fsp3) is 0.625. The van der Waals surface area contributed by atoms with Gasteiger partial charge in [-0.2, -0.15) is 0 Å². The van der Waals surface area contributed by atoms with E-state index >= 15 is 0 Å². The van der Waals surface area contributed by atoms with Crippen LogP contribution in [0.2, 0.25) is 0 Å². The summed E-state index contributed by atoms with van der Waals surface area (Å²) in [5, 5.41) is 3.45. The van der Waals surface area contributed by atoms with Crippen LogP contribution in [0.3, 0.4) is 0 Å². The first kappa shape index (κ1) is 13.8. The molecule has 2 aliphatic rings. The van der Waals surface area contributed by atoms with Crippen LogP contribution in [-0.4, -0.2) is 43.7 Å². The standard InChI is InChI=1S/C16H23FN2O/c1-19(14-3-2-7-18-8-6-14)11-15-10-12-9-13(17)4-5-16(12)20-15/h4-5,9,14-15,18H,2-3,6-8,10-11H2,1H3. The first-order valence-electron chi connectivity index (χ1n) is 7.58. The van der Waals surface area contributed by atoms with Crippen LogP contribution in [0, 0.1) is 5.82 Å². The summed E-state index contributed by atoms with van der Waals surface area (Å²) in [7, 11) is 2.18. The summed E-state index contributed by atoms with van der Waals surface area (Å²) in [6.07, 6.45) is 4.67. The lowest BCUT2D eigenvalue weighted by Crippen LogP contribution is -2.39. The molecular formula is C16H23FN2O. The van der Waals surface area contributed by atoms with Gasteiger partial charge in [0.25, 0.3) is 0 Å². The van der Waals surface area contributed by atoms with Gasteiger partial charge in [0.15, 0.2) is 0 Å². The zero-order valence-corrected chi connectivity index (χ0v) is 12.1. The van der Waals surface area contributed by atoms with Crippen molar-refractivity contribution in [1.82, 2.24) is 10.2 Å². The van der Waals surface area contributed by atoms with Crippen LogP contribution in [0.1, 0.15) is 24.8 Å². The number of hydrogen-bond donors (Lipinski definition) is 1. The van der Waals surface area contributed by atoms with E-state index in [0.29, 0.717) is 6.04 Å². The van der Waals surface area contributed by atoms with E-state index in [9.17, 15) is 4.39 Å². The second kappa shape index (κ2) is 6.10. The molecule has 1 N–H and O–H groups in total. The number of hydrogen-bond acceptors (Lipinski definition) is 3. The molecule has 110 valence electrons. The Morgan fingerprint density at radius 2 is 2.25 bits per heavy atom. The van der Waals surface area contributed by atoms with E-state index in [4.69, 9.17) is 4.74 Å². The van der Waals surface area contributed by atoms with Gasteiger partial charge in [-0.3, -0.25) is 4.90 Å². The van der Waals surface area contributed by atoms with E-state index in [-0.39, 0.29) is 11.9 Å². The van der Waals surface area contributed by atoms with Crippen molar-refractivity contribution < 1.29 is 9.13 Å². The quantitative estimate of drug-likeness (QED) is 0.917. The molecular weight excluding hydrogens is 255 g/mol. The highest BCUT2D eigenvalue weighted by molar-refractivity contribution is 5.37. The van der Waals surface area contributed by atoms with Gasteiger partial charge in [-0.25, -0.2) is 4.39 Å². The Balaban J connectivity index is 1.56. The zero-order chi connectivity index (χ0) is 13.9. The molecule has 0 amide bonds. The molecule has 3 rings (SSSR count). The third kappa shape index (κ3) is 3.13. The van der Waals surface area contributed by atoms with E-state index in [1.807, 2.05) is 0 Å². The normalized spacial score (nSPS) is 26.1. The number of benzene rings is 1. The summed E-state index contributed by atoms with van der Waals surface area (Å²) >= 11 is 0. The lowest BCUT2D eigenvalue weighted by molar-refractivity contribution is 0.132. The number of nitrogens with zero attached hydrogens (tertiary/aromatic N) is 1. The Labute approximate surface area is 120 Å². The highest BCUT2D eigenvalue weighted by Gasteiger charge is 2.26. The lowest BCUT2D eigenvalue weighted by Gasteiger charge is -2.28. The van der Waals surface area contributed by atoms with Gasteiger partial charge in [0.2, 0.25) is 0 Å². The molecule has 2 aliphatic heterocycles. The molecule has 0 aliphatic carbocycles. The fourth-order valence-electron chi connectivity index (χ4n) is 3.30. The molecule has 1 fully saturated rings. The van der Waals surface area contributed by atoms with E-state index in [0.717, 1.165) is 37.4 Å². The van der Waals surface area contributed by atoms with Crippen LogP contribution in [0.25, 0.3) is 0 Å². The number of rotatable bonds is 3. The maximum Gasteiger partial charge on any atom is 0.123 e. The number of halogens is 1. The van der Waals surface area contributed by atoms with E-state index < -0.39 is 0 Å². The number of nitrogens with one attached hydrogen (secondary N) is 1. The van der Waals surface area contributed by atoms with Crippen molar-refractivity contribution in [3.63, 3.8) is 0 Å². The van der Waals surface area contributed by atoms with Crippen LogP contribution in [0.15, 0.2) is 18.2 Å². The van der Waals surface area contributed by atoms with Crippen LogP contribution in [0.4, 0.5) is 4.39 Å². The largest absolute Gasteiger partial charge is 0.488 e. The van der Waals surface area contributed by atoms with Crippen LogP contribution in [-0.2, 0) is 6.42 Å². The van der Waals surface area contributed by atoms with Crippen molar-refractivity contribution in [1.29, 1.82) is 0 Å². The van der Waals surface area contributed by atoms with Gasteiger partial charge in [0.05, 0.1) is 0 Å². The maximum absolute atomic E-state index is 13.2. The molecule has 1 aromatic carbocycles. The van der Waals surface area contributed by atoms with Crippen LogP contribution >= 0.6 is 0 Å². The first-order valence-corrected chi connectivity index (χ1v) is 7.58. The van der Waals surface area contributed by atoms with E-state index in [1.165, 1.54) is 25.3 Å². The van der Waals surface area contributed by atoms with Crippen molar-refractivity contribution >= 4 is 0 Å². The SMILES string of the molecule is CN(CC1Cc2cc(F)ccc2O1)C1CCCNCC1. The smallest absolute Gasteiger partial charge is 0.123 e. The van der Waals surface area contributed by atoms with E-state index in [2.05, 4.69) is 17.3 Å². The molecule has 2 atom stereocenters. The molecule has 20 heavy (non-hydrogen) atoms. The minimum Gasteiger partial charge on any atom is -0.488 e. The Hall–Kier alpha value is -1.13. The molecule has 0 spiro atoms. The van der Waals surface area contributed by atoms with Gasteiger partial charge in [0.1, 0.15) is 17.7 Å². The summed E-state index contributed by atoms with van der Waals surface area (Å²) in [6, 6.07) is 5.46. The third-order valence-electron chi connectivity index (χ3n) is 4.42. The summed E-state index contributed by atoms with van der Waals surface area (Å²) in [5.41, 5.74) is 1.01. The minimum absolute atomic E-state index is 0.160. The number of ether oxygens (including phenoxy) is 1. The van der Waals surface area contributed by atoms with Crippen molar-refractivity contribution in [2.75, 3.05) is 26.7 Å². The molecule has 1 saturated heterocycles. The lowest BCUT2D eigenvalue weighted by atomic mass is 10.1. The highest BCUT2D eigenvalue weighted by atomic mass is 19.1. The number of fused-ring (bicyclic) bond motifs is 1. The molecule has 0 saturated carbocycles. The second-order valence-corrected chi connectivity index (χ2v) is 5.97. The number of likely N-dealkylation sites (N-methyl/N-ethyl adjacent to an activating group) is 1. The monoisotopic (exact) mass is 278 g/mol. The zero-order valence-electron chi connectivity index (χ0n) is 12.1. The van der Waals surface area contributed by atoms with Gasteiger partial charge in [-0.1, -0.05) is 0 Å². The van der Waals surface area contributed by atoms with Crippen LogP contribution in [0.5, 0.6) is 5.75 Å². The molecule has 0 bridgehead atoms.